The molecule has 1 amide bonds. The van der Waals surface area contributed by atoms with E-state index in [1.807, 2.05) is 61.5 Å². The average Bonchev–Trinajstić information content (AvgIpc) is 3.27. The minimum atomic E-state index is -0.428. The first-order chi connectivity index (χ1) is 13.1. The average molecular weight is 367 g/mol. The predicted molar refractivity (Wildman–Crippen MR) is 99.7 cm³/mol. The molecule has 1 atom stereocenters. The van der Waals surface area contributed by atoms with Gasteiger partial charge < -0.3 is 19.2 Å². The molecule has 0 spiro atoms. The molecule has 3 aromatic rings. The Balaban J connectivity index is 1.41. The summed E-state index contributed by atoms with van der Waals surface area (Å²) in [6.07, 6.45) is 0.529. The van der Waals surface area contributed by atoms with E-state index in [0.29, 0.717) is 30.4 Å². The van der Waals surface area contributed by atoms with Gasteiger partial charge in [0.1, 0.15) is 11.6 Å². The summed E-state index contributed by atoms with van der Waals surface area (Å²) in [6, 6.07) is 12.8. The topological polar surface area (TPSA) is 76.8 Å². The van der Waals surface area contributed by atoms with Gasteiger partial charge in [0.2, 0.25) is 12.7 Å². The highest BCUT2D eigenvalue weighted by molar-refractivity contribution is 5.83. The molecule has 1 N–H and O–H groups in total. The van der Waals surface area contributed by atoms with Crippen molar-refractivity contribution in [2.75, 3.05) is 27.4 Å². The number of carbonyl (C=O) groups excluding carboxylic acids is 1. The van der Waals surface area contributed by atoms with Gasteiger partial charge in [-0.25, -0.2) is 4.98 Å². The van der Waals surface area contributed by atoms with Crippen LogP contribution in [0.25, 0.3) is 11.1 Å². The van der Waals surface area contributed by atoms with Crippen LogP contribution in [0, 0.1) is 0 Å². The number of nitrogens with one attached hydrogen (secondary N) is 1. The Morgan fingerprint density at radius 2 is 2.00 bits per heavy atom. The zero-order chi connectivity index (χ0) is 18.8. The van der Waals surface area contributed by atoms with E-state index >= 15 is 0 Å². The van der Waals surface area contributed by atoms with E-state index in [4.69, 9.17) is 13.9 Å². The van der Waals surface area contributed by atoms with E-state index in [0.717, 1.165) is 16.7 Å². The number of likely N-dealkylation sites (N-methyl/N-ethyl adjacent to an activating group) is 1. The van der Waals surface area contributed by atoms with Crippen LogP contribution < -0.4 is 14.8 Å². The quantitative estimate of drug-likeness (QED) is 0.721. The molecule has 1 aliphatic heterocycles. The highest BCUT2D eigenvalue weighted by atomic mass is 16.7. The molecule has 4 rings (SSSR count). The molecule has 1 aromatic heterocycles. The summed E-state index contributed by atoms with van der Waals surface area (Å²) < 4.78 is 16.5. The number of hydrogen-bond acceptors (Lipinski definition) is 6. The van der Waals surface area contributed by atoms with Gasteiger partial charge in [-0.3, -0.25) is 9.69 Å². The summed E-state index contributed by atoms with van der Waals surface area (Å²) in [4.78, 5) is 19.1. The summed E-state index contributed by atoms with van der Waals surface area (Å²) in [6.45, 7) is 0.655. The molecule has 0 fully saturated rings. The van der Waals surface area contributed by atoms with Crippen molar-refractivity contribution in [2.45, 2.75) is 12.5 Å². The Kier molecular flexibility index (Phi) is 4.68. The molecule has 0 aliphatic carbocycles. The Morgan fingerprint density at radius 1 is 1.19 bits per heavy atom. The molecular weight excluding hydrogens is 346 g/mol. The monoisotopic (exact) mass is 367 g/mol. The third kappa shape index (κ3) is 3.59. The molecule has 1 aliphatic rings. The van der Waals surface area contributed by atoms with Crippen LogP contribution in [0.5, 0.6) is 11.5 Å². The zero-order valence-electron chi connectivity index (χ0n) is 15.3. The fourth-order valence-electron chi connectivity index (χ4n) is 3.18. The van der Waals surface area contributed by atoms with E-state index in [-0.39, 0.29) is 12.7 Å². The van der Waals surface area contributed by atoms with Crippen molar-refractivity contribution in [1.29, 1.82) is 0 Å². The van der Waals surface area contributed by atoms with E-state index < -0.39 is 6.04 Å². The van der Waals surface area contributed by atoms with Crippen LogP contribution in [0.1, 0.15) is 17.5 Å². The first kappa shape index (κ1) is 17.4. The Bertz CT molecular complexity index is 934. The number of para-hydroxylation sites is 2. The molecule has 0 radical (unpaired) electrons. The predicted octanol–water partition coefficient (Wildman–Crippen LogP) is 2.52. The Labute approximate surface area is 156 Å². The molecule has 2 aromatic carbocycles. The third-order valence-corrected chi connectivity index (χ3v) is 4.45. The van der Waals surface area contributed by atoms with Crippen LogP contribution >= 0.6 is 0 Å². The van der Waals surface area contributed by atoms with Gasteiger partial charge in [0, 0.05) is 13.0 Å². The minimum Gasteiger partial charge on any atom is -0.454 e. The summed E-state index contributed by atoms with van der Waals surface area (Å²) >= 11 is 0. The normalized spacial score (nSPS) is 13.9. The van der Waals surface area contributed by atoms with Crippen LogP contribution in [0.4, 0.5) is 0 Å². The smallest absolute Gasteiger partial charge is 0.241 e. The molecule has 7 nitrogen and oxygen atoms in total. The Morgan fingerprint density at radius 3 is 2.81 bits per heavy atom. The number of ether oxygens (including phenoxy) is 2. The maximum atomic E-state index is 12.8. The number of benzene rings is 2. The van der Waals surface area contributed by atoms with Gasteiger partial charge in [-0.15, -0.1) is 0 Å². The lowest BCUT2D eigenvalue weighted by atomic mass is 10.0. The number of carbonyl (C=O) groups is 1. The molecular formula is C20H21N3O4. The summed E-state index contributed by atoms with van der Waals surface area (Å²) in [5.74, 6) is 1.89. The molecule has 0 bridgehead atoms. The molecule has 7 heteroatoms. The van der Waals surface area contributed by atoms with Gasteiger partial charge in [0.15, 0.2) is 23.0 Å². The van der Waals surface area contributed by atoms with Crippen molar-refractivity contribution in [1.82, 2.24) is 15.2 Å². The number of aromatic nitrogens is 1. The maximum Gasteiger partial charge on any atom is 0.241 e. The van der Waals surface area contributed by atoms with E-state index in [9.17, 15) is 4.79 Å². The van der Waals surface area contributed by atoms with Crippen LogP contribution in [-0.2, 0) is 11.2 Å². The largest absolute Gasteiger partial charge is 0.454 e. The number of rotatable bonds is 6. The second-order valence-corrected chi connectivity index (χ2v) is 6.60. The van der Waals surface area contributed by atoms with E-state index in [1.54, 1.807) is 0 Å². The Hall–Kier alpha value is -3.06. The molecule has 0 unspecified atom stereocenters. The van der Waals surface area contributed by atoms with Gasteiger partial charge >= 0.3 is 0 Å². The summed E-state index contributed by atoms with van der Waals surface area (Å²) in [7, 11) is 3.74. The van der Waals surface area contributed by atoms with Crippen LogP contribution in [0.3, 0.4) is 0 Å². The van der Waals surface area contributed by atoms with Crippen molar-refractivity contribution >= 4 is 17.0 Å². The number of fused-ring (bicyclic) bond motifs is 2. The van der Waals surface area contributed by atoms with Crippen molar-refractivity contribution in [3.05, 3.63) is 53.9 Å². The lowest BCUT2D eigenvalue weighted by molar-refractivity contribution is -0.125. The third-order valence-electron chi connectivity index (χ3n) is 4.45. The van der Waals surface area contributed by atoms with Crippen molar-refractivity contribution < 1.29 is 18.7 Å². The van der Waals surface area contributed by atoms with E-state index in [2.05, 4.69) is 10.3 Å². The highest BCUT2D eigenvalue weighted by Crippen LogP contribution is 2.35. The van der Waals surface area contributed by atoms with E-state index in [1.165, 1.54) is 0 Å². The van der Waals surface area contributed by atoms with Crippen molar-refractivity contribution in [3.8, 4) is 11.5 Å². The second kappa shape index (κ2) is 7.28. The van der Waals surface area contributed by atoms with Gasteiger partial charge in [0.25, 0.3) is 0 Å². The molecule has 2 heterocycles. The van der Waals surface area contributed by atoms with Crippen LogP contribution in [0.15, 0.2) is 46.9 Å². The number of oxazole rings is 1. The molecule has 0 saturated heterocycles. The van der Waals surface area contributed by atoms with Gasteiger partial charge in [-0.1, -0.05) is 18.2 Å². The van der Waals surface area contributed by atoms with Crippen molar-refractivity contribution in [2.24, 2.45) is 0 Å². The summed E-state index contributed by atoms with van der Waals surface area (Å²) in [5, 5.41) is 2.97. The molecule has 0 saturated carbocycles. The number of hydrogen-bond donors (Lipinski definition) is 1. The maximum absolute atomic E-state index is 12.8. The van der Waals surface area contributed by atoms with Gasteiger partial charge in [-0.05, 0) is 43.9 Å². The van der Waals surface area contributed by atoms with Gasteiger partial charge in [0.05, 0.1) is 0 Å². The lowest BCUT2D eigenvalue weighted by Gasteiger charge is -2.24. The standard InChI is InChI=1S/C20H21N3O4/c1-23(2)19(13-7-8-16-17(11-13)26-12-25-16)20(24)21-10-9-18-22-14-5-3-4-6-15(14)27-18/h3-8,11,19H,9-10,12H2,1-2H3,(H,21,24)/t19-/m1/s1. The first-order valence-electron chi connectivity index (χ1n) is 8.80. The fraction of sp³-hybridized carbons (Fsp3) is 0.300. The van der Waals surface area contributed by atoms with Crippen molar-refractivity contribution in [3.63, 3.8) is 0 Å². The lowest BCUT2D eigenvalue weighted by Crippen LogP contribution is -2.37. The number of nitrogens with zero attached hydrogens (tertiary/aromatic N) is 2. The van der Waals surface area contributed by atoms with Crippen LogP contribution in [-0.4, -0.2) is 43.2 Å². The highest BCUT2D eigenvalue weighted by Gasteiger charge is 2.25. The first-order valence-corrected chi connectivity index (χ1v) is 8.80. The fourth-order valence-corrected chi connectivity index (χ4v) is 3.18. The number of amides is 1. The second-order valence-electron chi connectivity index (χ2n) is 6.60. The SMILES string of the molecule is CN(C)[C@@H](C(=O)NCCc1nc2ccccc2o1)c1ccc2c(c1)OCO2. The molecule has 27 heavy (non-hydrogen) atoms. The van der Waals surface area contributed by atoms with Gasteiger partial charge in [-0.2, -0.15) is 0 Å². The minimum absolute atomic E-state index is 0.0880. The zero-order valence-corrected chi connectivity index (χ0v) is 15.3. The summed E-state index contributed by atoms with van der Waals surface area (Å²) in [5.41, 5.74) is 2.43. The van der Waals surface area contributed by atoms with Crippen LogP contribution in [0.2, 0.25) is 0 Å². The molecule has 140 valence electrons.